The summed E-state index contributed by atoms with van der Waals surface area (Å²) in [5, 5.41) is 0.335. The largest absolute Gasteiger partial charge is 0.409 e. The summed E-state index contributed by atoms with van der Waals surface area (Å²) in [6.07, 6.45) is -0.364. The monoisotopic (exact) mass is 319 g/mol. The zero-order chi connectivity index (χ0) is 16.4. The molecule has 0 radical (unpaired) electrons. The van der Waals surface area contributed by atoms with Gasteiger partial charge in [0.15, 0.2) is 0 Å². The van der Waals surface area contributed by atoms with Gasteiger partial charge in [-0.1, -0.05) is 12.1 Å². The lowest BCUT2D eigenvalue weighted by Gasteiger charge is -2.24. The topological polar surface area (TPSA) is 106 Å². The normalized spacial score (nSPS) is 18.0. The minimum atomic E-state index is -0.833. The van der Waals surface area contributed by atoms with E-state index < -0.39 is 11.5 Å². The van der Waals surface area contributed by atoms with Gasteiger partial charge in [-0.2, -0.15) is 0 Å². The van der Waals surface area contributed by atoms with E-state index >= 15 is 0 Å². The van der Waals surface area contributed by atoms with Crippen molar-refractivity contribution in [3.8, 4) is 0 Å². The van der Waals surface area contributed by atoms with Crippen LogP contribution in [0.15, 0.2) is 23.0 Å². The van der Waals surface area contributed by atoms with Crippen molar-refractivity contribution in [1.29, 1.82) is 0 Å². The van der Waals surface area contributed by atoms with Gasteiger partial charge >= 0.3 is 0 Å². The first-order valence-corrected chi connectivity index (χ1v) is 7.31. The van der Waals surface area contributed by atoms with Gasteiger partial charge in [-0.25, -0.2) is 4.98 Å². The molecule has 8 nitrogen and oxygen atoms in total. The highest BCUT2D eigenvalue weighted by Crippen LogP contribution is 2.25. The first kappa shape index (κ1) is 15.4. The molecule has 1 aliphatic heterocycles. The van der Waals surface area contributed by atoms with Crippen LogP contribution in [0.3, 0.4) is 0 Å². The van der Waals surface area contributed by atoms with Crippen LogP contribution in [0.25, 0.3) is 10.9 Å². The SMILES string of the molecule is CCOn1c(C(N)=O)nc2cccc(C3COCCO3)c2c1=O. The van der Waals surface area contributed by atoms with E-state index in [0.717, 1.165) is 4.73 Å². The molecule has 1 aromatic carbocycles. The second kappa shape index (κ2) is 6.35. The molecule has 1 unspecified atom stereocenters. The van der Waals surface area contributed by atoms with Crippen LogP contribution in [0.2, 0.25) is 0 Å². The number of benzene rings is 1. The van der Waals surface area contributed by atoms with E-state index in [1.54, 1.807) is 25.1 Å². The van der Waals surface area contributed by atoms with Crippen LogP contribution in [0.1, 0.15) is 29.2 Å². The minimum Gasteiger partial charge on any atom is -0.409 e. The van der Waals surface area contributed by atoms with Crippen molar-refractivity contribution in [2.24, 2.45) is 5.73 Å². The molecule has 1 atom stereocenters. The van der Waals surface area contributed by atoms with E-state index in [9.17, 15) is 9.59 Å². The van der Waals surface area contributed by atoms with E-state index in [0.29, 0.717) is 36.3 Å². The predicted molar refractivity (Wildman–Crippen MR) is 81.2 cm³/mol. The summed E-state index contributed by atoms with van der Waals surface area (Å²) in [6.45, 7) is 3.22. The maximum Gasteiger partial charge on any atom is 0.295 e. The number of hydrogen-bond acceptors (Lipinski definition) is 6. The molecule has 2 aromatic rings. The predicted octanol–water partition coefficient (Wildman–Crippen LogP) is 0.0318. The number of carbonyl (C=O) groups is 1. The first-order chi connectivity index (χ1) is 11.1. The Hall–Kier alpha value is -2.45. The molecule has 8 heteroatoms. The van der Waals surface area contributed by atoms with Crippen molar-refractivity contribution in [2.75, 3.05) is 26.4 Å². The summed E-state index contributed by atoms with van der Waals surface area (Å²) < 4.78 is 11.9. The number of fused-ring (bicyclic) bond motifs is 1. The summed E-state index contributed by atoms with van der Waals surface area (Å²) in [5.41, 5.74) is 5.83. The van der Waals surface area contributed by atoms with Crippen molar-refractivity contribution in [3.05, 3.63) is 39.9 Å². The third-order valence-corrected chi connectivity index (χ3v) is 3.53. The molecule has 1 fully saturated rings. The molecule has 1 amide bonds. The summed E-state index contributed by atoms with van der Waals surface area (Å²) in [5.74, 6) is -1.07. The third kappa shape index (κ3) is 2.78. The lowest BCUT2D eigenvalue weighted by atomic mass is 10.0. The van der Waals surface area contributed by atoms with Gasteiger partial charge in [0.05, 0.1) is 30.7 Å². The van der Waals surface area contributed by atoms with Gasteiger partial charge in [-0.15, -0.1) is 4.73 Å². The Morgan fingerprint density at radius 1 is 1.48 bits per heavy atom. The lowest BCUT2D eigenvalue weighted by molar-refractivity contribution is -0.0896. The van der Waals surface area contributed by atoms with Crippen molar-refractivity contribution in [3.63, 3.8) is 0 Å². The molecule has 0 saturated carbocycles. The Balaban J connectivity index is 2.25. The van der Waals surface area contributed by atoms with Gasteiger partial charge in [0, 0.05) is 0 Å². The molecule has 2 N–H and O–H groups in total. The second-order valence-corrected chi connectivity index (χ2v) is 4.99. The molecule has 23 heavy (non-hydrogen) atoms. The zero-order valence-corrected chi connectivity index (χ0v) is 12.7. The average molecular weight is 319 g/mol. The summed E-state index contributed by atoms with van der Waals surface area (Å²) in [7, 11) is 0. The quantitative estimate of drug-likeness (QED) is 0.852. The molecule has 3 rings (SSSR count). The Morgan fingerprint density at radius 2 is 2.30 bits per heavy atom. The van der Waals surface area contributed by atoms with Crippen molar-refractivity contribution in [1.82, 2.24) is 9.71 Å². The summed E-state index contributed by atoms with van der Waals surface area (Å²) >= 11 is 0. The van der Waals surface area contributed by atoms with E-state index in [1.165, 1.54) is 0 Å². The fourth-order valence-corrected chi connectivity index (χ4v) is 2.58. The molecular weight excluding hydrogens is 302 g/mol. The highest BCUT2D eigenvalue weighted by Gasteiger charge is 2.24. The Bertz CT molecular complexity index is 796. The number of aromatic nitrogens is 2. The highest BCUT2D eigenvalue weighted by molar-refractivity contribution is 5.92. The number of rotatable bonds is 4. The maximum atomic E-state index is 12.8. The van der Waals surface area contributed by atoms with E-state index in [4.69, 9.17) is 20.0 Å². The van der Waals surface area contributed by atoms with Gasteiger partial charge in [-0.3, -0.25) is 9.59 Å². The van der Waals surface area contributed by atoms with Crippen molar-refractivity contribution >= 4 is 16.8 Å². The lowest BCUT2D eigenvalue weighted by Crippen LogP contribution is -2.36. The second-order valence-electron chi connectivity index (χ2n) is 4.99. The Kier molecular flexibility index (Phi) is 4.26. The van der Waals surface area contributed by atoms with Gasteiger partial charge in [0.25, 0.3) is 11.5 Å². The number of primary amides is 1. The molecule has 122 valence electrons. The standard InChI is InChI=1S/C15H17N3O5/c1-2-23-18-14(13(16)19)17-10-5-3-4-9(12(10)15(18)20)11-8-21-6-7-22-11/h3-5,11H,2,6-8H2,1H3,(H2,16,19). The van der Waals surface area contributed by atoms with Crippen LogP contribution in [0.5, 0.6) is 0 Å². The van der Waals surface area contributed by atoms with Crippen LogP contribution in [0, 0.1) is 0 Å². The fourth-order valence-electron chi connectivity index (χ4n) is 2.58. The van der Waals surface area contributed by atoms with Gasteiger partial charge in [0.1, 0.15) is 12.7 Å². The molecule has 0 aliphatic carbocycles. The molecule has 1 aromatic heterocycles. The van der Waals surface area contributed by atoms with Crippen LogP contribution in [0.4, 0.5) is 0 Å². The molecule has 0 bridgehead atoms. The van der Waals surface area contributed by atoms with E-state index in [-0.39, 0.29) is 18.5 Å². The minimum absolute atomic E-state index is 0.193. The first-order valence-electron chi connectivity index (χ1n) is 7.31. The number of amides is 1. The molecule has 1 saturated heterocycles. The molecular formula is C15H17N3O5. The average Bonchev–Trinajstić information content (AvgIpc) is 2.57. The molecule has 1 aliphatic rings. The zero-order valence-electron chi connectivity index (χ0n) is 12.7. The van der Waals surface area contributed by atoms with Crippen molar-refractivity contribution < 1.29 is 19.1 Å². The summed E-state index contributed by atoms with van der Waals surface area (Å²) in [4.78, 5) is 33.8. The van der Waals surface area contributed by atoms with Crippen LogP contribution in [-0.2, 0) is 9.47 Å². The van der Waals surface area contributed by atoms with Crippen molar-refractivity contribution in [2.45, 2.75) is 13.0 Å². The third-order valence-electron chi connectivity index (χ3n) is 3.53. The molecule has 0 spiro atoms. The van der Waals surface area contributed by atoms with Gasteiger partial charge < -0.3 is 20.0 Å². The van der Waals surface area contributed by atoms with E-state index in [1.807, 2.05) is 0 Å². The number of ether oxygens (including phenoxy) is 2. The van der Waals surface area contributed by atoms with Gasteiger partial charge in [0.2, 0.25) is 5.82 Å². The van der Waals surface area contributed by atoms with Crippen LogP contribution >= 0.6 is 0 Å². The van der Waals surface area contributed by atoms with Crippen LogP contribution < -0.4 is 16.1 Å². The smallest absolute Gasteiger partial charge is 0.295 e. The Labute approximate surface area is 131 Å². The highest BCUT2D eigenvalue weighted by atomic mass is 16.7. The maximum absolute atomic E-state index is 12.8. The fraction of sp³-hybridized carbons (Fsp3) is 0.400. The number of hydrogen-bond donors (Lipinski definition) is 1. The number of nitrogens with two attached hydrogens (primary N) is 1. The van der Waals surface area contributed by atoms with Gasteiger partial charge in [-0.05, 0) is 18.6 Å². The Morgan fingerprint density at radius 3 is 2.96 bits per heavy atom. The number of nitrogens with zero attached hydrogens (tertiary/aromatic N) is 2. The number of carbonyl (C=O) groups excluding carboxylic acids is 1. The van der Waals surface area contributed by atoms with Crippen LogP contribution in [-0.4, -0.2) is 42.0 Å². The van der Waals surface area contributed by atoms with E-state index in [2.05, 4.69) is 4.98 Å². The molecule has 2 heterocycles. The summed E-state index contributed by atoms with van der Waals surface area (Å²) in [6, 6.07) is 5.18.